The molecule has 1 aliphatic rings. The Hall–Kier alpha value is -2.47. The van der Waals surface area contributed by atoms with E-state index in [1.165, 1.54) is 4.68 Å². The average molecular weight is 369 g/mol. The van der Waals surface area contributed by atoms with Gasteiger partial charge < -0.3 is 10.4 Å². The summed E-state index contributed by atoms with van der Waals surface area (Å²) in [6, 6.07) is 9.49. The van der Waals surface area contributed by atoms with Crippen LogP contribution in [0, 0.1) is 6.92 Å². The predicted octanol–water partition coefficient (Wildman–Crippen LogP) is 2.37. The first-order chi connectivity index (χ1) is 12.6. The molecule has 0 unspecified atom stereocenters. The van der Waals surface area contributed by atoms with Gasteiger partial charge in [0, 0.05) is 17.7 Å². The number of benzene rings is 1. The maximum Gasteiger partial charge on any atom is 0.267 e. The molecule has 0 radical (unpaired) electrons. The van der Waals surface area contributed by atoms with Crippen molar-refractivity contribution in [3.63, 3.8) is 0 Å². The van der Waals surface area contributed by atoms with E-state index < -0.39 is 5.60 Å². The monoisotopic (exact) mass is 369 g/mol. The van der Waals surface area contributed by atoms with Crippen LogP contribution in [0.25, 0.3) is 11.1 Å². The van der Waals surface area contributed by atoms with Crippen LogP contribution in [0.4, 0.5) is 0 Å². The minimum Gasteiger partial charge on any atom is -0.390 e. The van der Waals surface area contributed by atoms with Crippen LogP contribution in [-0.4, -0.2) is 32.4 Å². The van der Waals surface area contributed by atoms with Crippen LogP contribution >= 0.6 is 0 Å². The Morgan fingerprint density at radius 3 is 2.67 bits per heavy atom. The van der Waals surface area contributed by atoms with E-state index >= 15 is 0 Å². The molecule has 27 heavy (non-hydrogen) atoms. The van der Waals surface area contributed by atoms with E-state index in [1.807, 2.05) is 45.0 Å². The minimum atomic E-state index is -0.701. The van der Waals surface area contributed by atoms with E-state index in [4.69, 9.17) is 0 Å². The van der Waals surface area contributed by atoms with Gasteiger partial charge in [0.2, 0.25) is 5.91 Å². The number of nitrogens with one attached hydrogen (secondary N) is 1. The Morgan fingerprint density at radius 1 is 1.37 bits per heavy atom. The number of rotatable bonds is 5. The van der Waals surface area contributed by atoms with Gasteiger partial charge in [0.15, 0.2) is 0 Å². The number of carbonyl (C=O) groups excluding carboxylic acids is 1. The molecule has 3 rings (SSSR count). The van der Waals surface area contributed by atoms with Gasteiger partial charge in [0.05, 0.1) is 11.3 Å². The van der Waals surface area contributed by atoms with Crippen molar-refractivity contribution in [1.29, 1.82) is 0 Å². The van der Waals surface area contributed by atoms with Crippen molar-refractivity contribution in [2.75, 3.05) is 0 Å². The summed E-state index contributed by atoms with van der Waals surface area (Å²) in [5, 5.41) is 17.1. The molecule has 1 aromatic carbocycles. The zero-order chi connectivity index (χ0) is 19.8. The summed E-state index contributed by atoms with van der Waals surface area (Å²) in [5.41, 5.74) is 2.67. The number of nitrogens with zero attached hydrogens (tertiary/aromatic N) is 2. The zero-order valence-corrected chi connectivity index (χ0v) is 16.3. The summed E-state index contributed by atoms with van der Waals surface area (Å²) in [4.78, 5) is 24.8. The van der Waals surface area contributed by atoms with E-state index in [0.717, 1.165) is 22.4 Å². The van der Waals surface area contributed by atoms with Gasteiger partial charge in [-0.15, -0.1) is 0 Å². The van der Waals surface area contributed by atoms with Crippen LogP contribution < -0.4 is 10.9 Å². The summed E-state index contributed by atoms with van der Waals surface area (Å²) in [6.07, 6.45) is 1.06. The molecule has 2 N–H and O–H groups in total. The van der Waals surface area contributed by atoms with Crippen molar-refractivity contribution in [2.45, 2.75) is 64.6 Å². The number of aromatic nitrogens is 2. The van der Waals surface area contributed by atoms with Gasteiger partial charge in [-0.3, -0.25) is 9.59 Å². The number of aliphatic hydroxyl groups is 1. The molecule has 144 valence electrons. The Balaban J connectivity index is 1.84. The lowest BCUT2D eigenvalue weighted by molar-refractivity contribution is -0.125. The molecule has 1 saturated carbocycles. The van der Waals surface area contributed by atoms with Gasteiger partial charge >= 0.3 is 0 Å². The smallest absolute Gasteiger partial charge is 0.267 e. The normalized spacial score (nSPS) is 21.8. The molecule has 0 spiro atoms. The van der Waals surface area contributed by atoms with Crippen LogP contribution in [0.3, 0.4) is 0 Å². The van der Waals surface area contributed by atoms with Gasteiger partial charge in [0.25, 0.3) is 5.56 Å². The standard InChI is InChI=1S/C21H27N3O3/c1-13(2)20-17(15-7-5-6-14(3)8-15)9-19(26)24(23-20)12-18(25)22-16-10-21(4,27)11-16/h5-9,13,16,27H,10-12H2,1-4H3,(H,22,25)/t16-,21+. The molecule has 1 aliphatic carbocycles. The lowest BCUT2D eigenvalue weighted by Crippen LogP contribution is -2.54. The third-order valence-electron chi connectivity index (χ3n) is 4.93. The largest absolute Gasteiger partial charge is 0.390 e. The van der Waals surface area contributed by atoms with Gasteiger partial charge in [0.1, 0.15) is 6.54 Å². The lowest BCUT2D eigenvalue weighted by atomic mass is 9.77. The zero-order valence-electron chi connectivity index (χ0n) is 16.3. The number of aryl methyl sites for hydroxylation is 1. The fourth-order valence-corrected chi connectivity index (χ4v) is 3.60. The second kappa shape index (κ2) is 7.27. The van der Waals surface area contributed by atoms with Crippen LogP contribution in [0.1, 0.15) is 50.8 Å². The molecule has 2 aromatic rings. The number of carbonyl (C=O) groups is 1. The molecule has 1 fully saturated rings. The fraction of sp³-hybridized carbons (Fsp3) is 0.476. The van der Waals surface area contributed by atoms with E-state index in [9.17, 15) is 14.7 Å². The van der Waals surface area contributed by atoms with Crippen molar-refractivity contribution < 1.29 is 9.90 Å². The Morgan fingerprint density at radius 2 is 2.07 bits per heavy atom. The second-order valence-electron chi connectivity index (χ2n) is 8.13. The third-order valence-corrected chi connectivity index (χ3v) is 4.93. The number of hydrogen-bond donors (Lipinski definition) is 2. The predicted molar refractivity (Wildman–Crippen MR) is 105 cm³/mol. The van der Waals surface area contributed by atoms with Crippen molar-refractivity contribution in [3.8, 4) is 11.1 Å². The molecule has 0 atom stereocenters. The molecule has 1 amide bonds. The maximum absolute atomic E-state index is 12.6. The number of hydrogen-bond acceptors (Lipinski definition) is 4. The molecule has 6 nitrogen and oxygen atoms in total. The number of amides is 1. The van der Waals surface area contributed by atoms with Crippen molar-refractivity contribution in [3.05, 3.63) is 51.9 Å². The summed E-state index contributed by atoms with van der Waals surface area (Å²) in [5.74, 6) is -0.153. The van der Waals surface area contributed by atoms with Gasteiger partial charge in [-0.05, 0) is 38.2 Å². The van der Waals surface area contributed by atoms with Crippen molar-refractivity contribution in [1.82, 2.24) is 15.1 Å². The fourth-order valence-electron chi connectivity index (χ4n) is 3.60. The molecule has 1 heterocycles. The lowest BCUT2D eigenvalue weighted by Gasteiger charge is -2.41. The highest BCUT2D eigenvalue weighted by Crippen LogP contribution is 2.31. The van der Waals surface area contributed by atoms with Crippen molar-refractivity contribution >= 4 is 5.91 Å². The topological polar surface area (TPSA) is 84.2 Å². The Bertz CT molecular complexity index is 907. The summed E-state index contributed by atoms with van der Waals surface area (Å²) in [7, 11) is 0. The van der Waals surface area contributed by atoms with E-state index in [1.54, 1.807) is 13.0 Å². The quantitative estimate of drug-likeness (QED) is 0.847. The maximum atomic E-state index is 12.6. The second-order valence-corrected chi connectivity index (χ2v) is 8.13. The van der Waals surface area contributed by atoms with Gasteiger partial charge in [-0.2, -0.15) is 5.10 Å². The van der Waals surface area contributed by atoms with Crippen LogP contribution in [0.15, 0.2) is 35.1 Å². The molecule has 6 heteroatoms. The van der Waals surface area contributed by atoms with Crippen molar-refractivity contribution in [2.24, 2.45) is 0 Å². The molecule has 0 bridgehead atoms. The van der Waals surface area contributed by atoms with Gasteiger partial charge in [-0.1, -0.05) is 43.7 Å². The first kappa shape index (κ1) is 19.3. The van der Waals surface area contributed by atoms with E-state index in [-0.39, 0.29) is 30.0 Å². The van der Waals surface area contributed by atoms with E-state index in [2.05, 4.69) is 10.4 Å². The van der Waals surface area contributed by atoms with Crippen LogP contribution in [-0.2, 0) is 11.3 Å². The Kier molecular flexibility index (Phi) is 5.20. The van der Waals surface area contributed by atoms with E-state index in [0.29, 0.717) is 12.8 Å². The minimum absolute atomic E-state index is 0.0423. The average Bonchev–Trinajstić information content (AvgIpc) is 2.54. The first-order valence-corrected chi connectivity index (χ1v) is 9.35. The summed E-state index contributed by atoms with van der Waals surface area (Å²) in [6.45, 7) is 7.68. The summed E-state index contributed by atoms with van der Waals surface area (Å²) >= 11 is 0. The van der Waals surface area contributed by atoms with Gasteiger partial charge in [-0.25, -0.2) is 4.68 Å². The van der Waals surface area contributed by atoms with Crippen LogP contribution in [0.5, 0.6) is 0 Å². The molecular weight excluding hydrogens is 342 g/mol. The highest BCUT2D eigenvalue weighted by Gasteiger charge is 2.39. The molecule has 0 aliphatic heterocycles. The SMILES string of the molecule is Cc1cccc(-c2cc(=O)n(CC(=O)N[C@H]3C[C@@](C)(O)C3)nc2C(C)C)c1. The third kappa shape index (κ3) is 4.45. The Labute approximate surface area is 159 Å². The highest BCUT2D eigenvalue weighted by atomic mass is 16.3. The highest BCUT2D eigenvalue weighted by molar-refractivity contribution is 5.76. The molecule has 1 aromatic heterocycles. The molecular formula is C21H27N3O3. The molecule has 0 saturated heterocycles. The van der Waals surface area contributed by atoms with Crippen LogP contribution in [0.2, 0.25) is 0 Å². The summed E-state index contributed by atoms with van der Waals surface area (Å²) < 4.78 is 1.22. The first-order valence-electron chi connectivity index (χ1n) is 9.35.